The molecule has 0 fully saturated rings. The van der Waals surface area contributed by atoms with Gasteiger partial charge >= 0.3 is 12.3 Å². The maximum atomic E-state index is 12.5. The minimum Gasteiger partial charge on any atom is -0.444 e. The highest BCUT2D eigenvalue weighted by Crippen LogP contribution is 2.30. The van der Waals surface area contributed by atoms with Crippen LogP contribution >= 0.6 is 0 Å². The summed E-state index contributed by atoms with van der Waals surface area (Å²) in [6.45, 7) is 6.13. The van der Waals surface area contributed by atoms with Crippen LogP contribution in [0.1, 0.15) is 34.6 Å². The molecule has 7 heteroatoms. The number of halogens is 3. The van der Waals surface area contributed by atoms with Crippen LogP contribution in [0.5, 0.6) is 0 Å². The van der Waals surface area contributed by atoms with E-state index in [2.05, 4.69) is 0 Å². The summed E-state index contributed by atoms with van der Waals surface area (Å²) in [5.41, 5.74) is -3.76. The summed E-state index contributed by atoms with van der Waals surface area (Å²) in [4.78, 5) is 12.4. The lowest BCUT2D eigenvalue weighted by atomic mass is 10.1. The molecule has 0 aromatic heterocycles. The summed E-state index contributed by atoms with van der Waals surface area (Å²) < 4.78 is 42.5. The number of alkyl halides is 3. The van der Waals surface area contributed by atoms with Crippen molar-refractivity contribution in [2.45, 2.75) is 52.0 Å². The summed E-state index contributed by atoms with van der Waals surface area (Å²) in [5, 5.41) is 9.33. The SMILES string of the molecule is CCN(CC(C)(O)C(F)(F)F)C(=O)OC(C)(C)C. The minimum absolute atomic E-state index is 0.0150. The Morgan fingerprint density at radius 3 is 1.94 bits per heavy atom. The van der Waals surface area contributed by atoms with Crippen molar-refractivity contribution >= 4 is 6.09 Å². The van der Waals surface area contributed by atoms with E-state index in [1.54, 1.807) is 20.8 Å². The lowest BCUT2D eigenvalue weighted by molar-refractivity contribution is -0.256. The van der Waals surface area contributed by atoms with Gasteiger partial charge in [-0.25, -0.2) is 4.79 Å². The van der Waals surface area contributed by atoms with Crippen molar-refractivity contribution in [2.24, 2.45) is 0 Å². The molecule has 1 unspecified atom stereocenters. The largest absolute Gasteiger partial charge is 0.444 e. The third kappa shape index (κ3) is 5.12. The Balaban J connectivity index is 4.77. The molecule has 0 aliphatic rings. The van der Waals surface area contributed by atoms with Gasteiger partial charge in [-0.1, -0.05) is 0 Å². The molecule has 18 heavy (non-hydrogen) atoms. The van der Waals surface area contributed by atoms with Gasteiger partial charge < -0.3 is 14.7 Å². The Morgan fingerprint density at radius 1 is 1.22 bits per heavy atom. The van der Waals surface area contributed by atoms with Gasteiger partial charge in [-0.05, 0) is 34.6 Å². The van der Waals surface area contributed by atoms with Crippen LogP contribution in [0.25, 0.3) is 0 Å². The topological polar surface area (TPSA) is 49.8 Å². The number of aliphatic hydroxyl groups is 1. The van der Waals surface area contributed by atoms with Crippen LogP contribution in [0.15, 0.2) is 0 Å². The molecule has 0 saturated carbocycles. The maximum absolute atomic E-state index is 12.5. The van der Waals surface area contributed by atoms with E-state index < -0.39 is 30.0 Å². The van der Waals surface area contributed by atoms with Crippen LogP contribution in [-0.4, -0.2) is 46.6 Å². The van der Waals surface area contributed by atoms with Crippen molar-refractivity contribution in [1.29, 1.82) is 0 Å². The summed E-state index contributed by atoms with van der Waals surface area (Å²) in [6.07, 6.45) is -5.68. The molecular formula is C11H20F3NO3. The van der Waals surface area contributed by atoms with Crippen molar-refractivity contribution in [3.8, 4) is 0 Å². The van der Waals surface area contributed by atoms with E-state index in [1.807, 2.05) is 0 Å². The fourth-order valence-electron chi connectivity index (χ4n) is 1.09. The van der Waals surface area contributed by atoms with E-state index in [0.29, 0.717) is 6.92 Å². The molecule has 4 nitrogen and oxygen atoms in total. The number of amides is 1. The summed E-state index contributed by atoms with van der Waals surface area (Å²) in [7, 11) is 0. The number of rotatable bonds is 3. The molecular weight excluding hydrogens is 251 g/mol. The number of ether oxygens (including phenoxy) is 1. The fraction of sp³-hybridized carbons (Fsp3) is 0.909. The standard InChI is InChI=1S/C11H20F3NO3/c1-6-15(8(16)18-9(2,3)4)7-10(5,17)11(12,13)14/h17H,6-7H2,1-5H3. The smallest absolute Gasteiger partial charge is 0.418 e. The maximum Gasteiger partial charge on any atom is 0.418 e. The molecule has 0 aliphatic heterocycles. The first-order valence-corrected chi connectivity index (χ1v) is 5.57. The molecule has 108 valence electrons. The molecule has 0 radical (unpaired) electrons. The second kappa shape index (κ2) is 5.34. The van der Waals surface area contributed by atoms with Gasteiger partial charge in [-0.15, -0.1) is 0 Å². The van der Waals surface area contributed by atoms with Gasteiger partial charge in [-0.3, -0.25) is 0 Å². The number of carbonyl (C=O) groups excluding carboxylic acids is 1. The first-order chi connectivity index (χ1) is 7.80. The number of likely N-dealkylation sites (N-methyl/N-ethyl adjacent to an activating group) is 1. The highest BCUT2D eigenvalue weighted by atomic mass is 19.4. The van der Waals surface area contributed by atoms with Crippen LogP contribution in [0.4, 0.5) is 18.0 Å². The van der Waals surface area contributed by atoms with Gasteiger partial charge in [-0.2, -0.15) is 13.2 Å². The Morgan fingerprint density at radius 2 is 1.67 bits per heavy atom. The molecule has 0 saturated heterocycles. The molecule has 0 aliphatic carbocycles. The second-order valence-electron chi connectivity index (χ2n) is 5.27. The lowest BCUT2D eigenvalue weighted by Gasteiger charge is -2.33. The Hall–Kier alpha value is -0.980. The predicted octanol–water partition coefficient (Wildman–Crippen LogP) is 2.56. The van der Waals surface area contributed by atoms with Crippen molar-refractivity contribution in [2.75, 3.05) is 13.1 Å². The van der Waals surface area contributed by atoms with Gasteiger partial charge in [0.15, 0.2) is 5.60 Å². The van der Waals surface area contributed by atoms with Crippen molar-refractivity contribution in [3.05, 3.63) is 0 Å². The molecule has 0 spiro atoms. The molecule has 1 atom stereocenters. The average molecular weight is 271 g/mol. The van der Waals surface area contributed by atoms with E-state index in [4.69, 9.17) is 4.74 Å². The number of hydrogen-bond donors (Lipinski definition) is 1. The summed E-state index contributed by atoms with van der Waals surface area (Å²) in [5.74, 6) is 0. The second-order valence-corrected chi connectivity index (χ2v) is 5.27. The van der Waals surface area contributed by atoms with Gasteiger partial charge in [0.25, 0.3) is 0 Å². The van der Waals surface area contributed by atoms with E-state index in [9.17, 15) is 23.1 Å². The van der Waals surface area contributed by atoms with E-state index in [1.165, 1.54) is 6.92 Å². The van der Waals surface area contributed by atoms with Gasteiger partial charge in [0.05, 0.1) is 6.54 Å². The van der Waals surface area contributed by atoms with E-state index in [0.717, 1.165) is 4.90 Å². The first kappa shape index (κ1) is 17.0. The highest BCUT2D eigenvalue weighted by molar-refractivity contribution is 5.68. The van der Waals surface area contributed by atoms with Crippen molar-refractivity contribution in [1.82, 2.24) is 4.90 Å². The Labute approximate surface area is 105 Å². The first-order valence-electron chi connectivity index (χ1n) is 5.57. The van der Waals surface area contributed by atoms with Crippen molar-refractivity contribution < 1.29 is 27.8 Å². The van der Waals surface area contributed by atoms with Crippen LogP contribution in [0, 0.1) is 0 Å². The lowest BCUT2D eigenvalue weighted by Crippen LogP contribution is -2.53. The van der Waals surface area contributed by atoms with Crippen molar-refractivity contribution in [3.63, 3.8) is 0 Å². The predicted molar refractivity (Wildman–Crippen MR) is 60.2 cm³/mol. The third-order valence-electron chi connectivity index (χ3n) is 2.14. The number of nitrogens with zero attached hydrogens (tertiary/aromatic N) is 1. The zero-order valence-electron chi connectivity index (χ0n) is 11.3. The molecule has 0 bridgehead atoms. The Bertz CT molecular complexity index is 295. The fourth-order valence-corrected chi connectivity index (χ4v) is 1.09. The molecule has 1 N–H and O–H groups in total. The van der Waals surface area contributed by atoms with Crippen LogP contribution in [0.3, 0.4) is 0 Å². The summed E-state index contributed by atoms with van der Waals surface area (Å²) >= 11 is 0. The summed E-state index contributed by atoms with van der Waals surface area (Å²) in [6, 6.07) is 0. The number of hydrogen-bond acceptors (Lipinski definition) is 3. The molecule has 0 aromatic rings. The van der Waals surface area contributed by atoms with Crippen LogP contribution in [-0.2, 0) is 4.74 Å². The molecule has 0 aromatic carbocycles. The molecule has 0 heterocycles. The zero-order chi connectivity index (χ0) is 14.8. The third-order valence-corrected chi connectivity index (χ3v) is 2.14. The number of carbonyl (C=O) groups is 1. The van der Waals surface area contributed by atoms with E-state index in [-0.39, 0.29) is 6.54 Å². The van der Waals surface area contributed by atoms with Crippen LogP contribution < -0.4 is 0 Å². The monoisotopic (exact) mass is 271 g/mol. The van der Waals surface area contributed by atoms with Crippen LogP contribution in [0.2, 0.25) is 0 Å². The Kier molecular flexibility index (Phi) is 5.05. The van der Waals surface area contributed by atoms with Gasteiger partial charge in [0, 0.05) is 6.54 Å². The average Bonchev–Trinajstić information content (AvgIpc) is 2.09. The van der Waals surface area contributed by atoms with E-state index >= 15 is 0 Å². The molecule has 1 amide bonds. The van der Waals surface area contributed by atoms with Gasteiger partial charge in [0.1, 0.15) is 5.60 Å². The minimum atomic E-state index is -4.80. The zero-order valence-corrected chi connectivity index (χ0v) is 11.3. The normalized spacial score (nSPS) is 16.1. The molecule has 0 rings (SSSR count). The highest BCUT2D eigenvalue weighted by Gasteiger charge is 2.51. The quantitative estimate of drug-likeness (QED) is 0.858. The van der Waals surface area contributed by atoms with Gasteiger partial charge in [0.2, 0.25) is 0 Å².